The molecule has 1 aromatic heterocycles. The number of benzene rings is 2. The van der Waals surface area contributed by atoms with Crippen LogP contribution in [0.5, 0.6) is 0 Å². The predicted octanol–water partition coefficient (Wildman–Crippen LogP) is 4.14. The number of anilines is 3. The van der Waals surface area contributed by atoms with E-state index >= 15 is 0 Å². The first-order chi connectivity index (χ1) is 12.0. The number of ether oxygens (including phenoxy) is 1. The fraction of sp³-hybridized carbons (Fsp3) is 0.200. The van der Waals surface area contributed by atoms with Gasteiger partial charge in [0, 0.05) is 30.9 Å². The number of nitrogens with one attached hydrogen (secondary N) is 1. The zero-order chi connectivity index (χ0) is 18.0. The molecule has 0 unspecified atom stereocenters. The van der Waals surface area contributed by atoms with E-state index in [4.69, 9.17) is 4.74 Å². The number of aromatic nitrogens is 1. The van der Waals surface area contributed by atoms with Crippen molar-refractivity contribution in [2.75, 3.05) is 31.4 Å². The summed E-state index contributed by atoms with van der Waals surface area (Å²) in [5.41, 5.74) is 4.97. The van der Waals surface area contributed by atoms with Crippen molar-refractivity contribution in [3.8, 4) is 0 Å². The Morgan fingerprint density at radius 2 is 1.84 bits per heavy atom. The molecule has 0 aliphatic rings. The van der Waals surface area contributed by atoms with Gasteiger partial charge in [-0.2, -0.15) is 0 Å². The van der Waals surface area contributed by atoms with Crippen molar-refractivity contribution < 1.29 is 9.53 Å². The zero-order valence-corrected chi connectivity index (χ0v) is 14.8. The predicted molar refractivity (Wildman–Crippen MR) is 102 cm³/mol. The van der Waals surface area contributed by atoms with E-state index in [9.17, 15) is 4.79 Å². The van der Waals surface area contributed by atoms with Gasteiger partial charge < -0.3 is 15.0 Å². The molecule has 3 aromatic rings. The Balaban J connectivity index is 2.07. The van der Waals surface area contributed by atoms with E-state index in [2.05, 4.69) is 10.3 Å². The molecule has 0 radical (unpaired) electrons. The van der Waals surface area contributed by atoms with Gasteiger partial charge in [0.25, 0.3) is 0 Å². The molecule has 0 amide bonds. The Hall–Kier alpha value is -3.08. The Bertz CT molecular complexity index is 918. The van der Waals surface area contributed by atoms with Gasteiger partial charge in [0.05, 0.1) is 18.3 Å². The van der Waals surface area contributed by atoms with Crippen molar-refractivity contribution in [3.63, 3.8) is 0 Å². The average molecular weight is 335 g/mol. The summed E-state index contributed by atoms with van der Waals surface area (Å²) in [6.07, 6.45) is 0. The van der Waals surface area contributed by atoms with Crippen LogP contribution in [0.25, 0.3) is 10.9 Å². The van der Waals surface area contributed by atoms with Gasteiger partial charge in [-0.05, 0) is 42.8 Å². The number of methoxy groups -OCH3 is 1. The maximum Gasteiger partial charge on any atom is 0.356 e. The quantitative estimate of drug-likeness (QED) is 0.726. The Morgan fingerprint density at radius 3 is 2.48 bits per heavy atom. The first kappa shape index (κ1) is 16.8. The molecule has 0 spiro atoms. The summed E-state index contributed by atoms with van der Waals surface area (Å²) >= 11 is 0. The molecular weight excluding hydrogens is 314 g/mol. The zero-order valence-electron chi connectivity index (χ0n) is 14.8. The third-order valence-corrected chi connectivity index (χ3v) is 4.10. The van der Waals surface area contributed by atoms with Crippen LogP contribution in [0.1, 0.15) is 16.1 Å². The van der Waals surface area contributed by atoms with Crippen molar-refractivity contribution in [1.82, 2.24) is 4.98 Å². The van der Waals surface area contributed by atoms with E-state index in [0.717, 1.165) is 33.5 Å². The topological polar surface area (TPSA) is 54.5 Å². The number of aryl methyl sites for hydroxylation is 1. The fourth-order valence-electron chi connectivity index (χ4n) is 2.70. The number of hydrogen-bond donors (Lipinski definition) is 1. The van der Waals surface area contributed by atoms with Crippen molar-refractivity contribution in [2.24, 2.45) is 0 Å². The van der Waals surface area contributed by atoms with Gasteiger partial charge in [-0.25, -0.2) is 9.78 Å². The number of para-hydroxylation sites is 1. The minimum atomic E-state index is -0.448. The lowest BCUT2D eigenvalue weighted by Gasteiger charge is -2.15. The molecule has 0 saturated carbocycles. The molecule has 0 fully saturated rings. The molecule has 2 aromatic carbocycles. The van der Waals surface area contributed by atoms with Crippen LogP contribution in [0, 0.1) is 6.92 Å². The summed E-state index contributed by atoms with van der Waals surface area (Å²) < 4.78 is 4.84. The van der Waals surface area contributed by atoms with Crippen LogP contribution in [-0.2, 0) is 4.74 Å². The van der Waals surface area contributed by atoms with E-state index in [1.165, 1.54) is 7.11 Å². The van der Waals surface area contributed by atoms with Gasteiger partial charge in [0.2, 0.25) is 0 Å². The molecule has 0 aliphatic heterocycles. The van der Waals surface area contributed by atoms with Gasteiger partial charge in [0.15, 0.2) is 5.69 Å². The Kier molecular flexibility index (Phi) is 4.57. The van der Waals surface area contributed by atoms with Gasteiger partial charge in [-0.3, -0.25) is 0 Å². The number of pyridine rings is 1. The highest BCUT2D eigenvalue weighted by molar-refractivity contribution is 5.99. The maximum absolute atomic E-state index is 12.0. The summed E-state index contributed by atoms with van der Waals surface area (Å²) in [5, 5.41) is 4.36. The first-order valence-corrected chi connectivity index (χ1v) is 8.02. The van der Waals surface area contributed by atoms with Gasteiger partial charge in [-0.15, -0.1) is 0 Å². The Labute approximate surface area is 147 Å². The monoisotopic (exact) mass is 335 g/mol. The molecule has 0 saturated heterocycles. The van der Waals surface area contributed by atoms with Gasteiger partial charge >= 0.3 is 5.97 Å². The van der Waals surface area contributed by atoms with Gasteiger partial charge in [0.1, 0.15) is 0 Å². The smallest absolute Gasteiger partial charge is 0.356 e. The van der Waals surface area contributed by atoms with Crippen LogP contribution in [0.3, 0.4) is 0 Å². The lowest BCUT2D eigenvalue weighted by atomic mass is 10.1. The fourth-order valence-corrected chi connectivity index (χ4v) is 2.70. The molecular formula is C20H21N3O2. The molecule has 1 heterocycles. The first-order valence-electron chi connectivity index (χ1n) is 8.02. The number of rotatable bonds is 4. The molecule has 0 atom stereocenters. The molecule has 0 aliphatic carbocycles. The lowest BCUT2D eigenvalue weighted by Crippen LogP contribution is -2.08. The highest BCUT2D eigenvalue weighted by Crippen LogP contribution is 2.29. The van der Waals surface area contributed by atoms with Crippen LogP contribution in [0.15, 0.2) is 48.5 Å². The largest absolute Gasteiger partial charge is 0.464 e. The number of carbonyl (C=O) groups excluding carboxylic acids is 1. The van der Waals surface area contributed by atoms with Crippen molar-refractivity contribution in [2.45, 2.75) is 6.92 Å². The summed E-state index contributed by atoms with van der Waals surface area (Å²) in [4.78, 5) is 18.5. The molecule has 5 heteroatoms. The van der Waals surface area contributed by atoms with Crippen LogP contribution < -0.4 is 10.2 Å². The molecule has 0 bridgehead atoms. The number of fused-ring (bicyclic) bond motifs is 1. The average Bonchev–Trinajstić information content (AvgIpc) is 2.62. The minimum Gasteiger partial charge on any atom is -0.464 e. The summed E-state index contributed by atoms with van der Waals surface area (Å²) in [5.74, 6) is -0.448. The van der Waals surface area contributed by atoms with Crippen LogP contribution in [0.2, 0.25) is 0 Å². The van der Waals surface area contributed by atoms with E-state index in [0.29, 0.717) is 0 Å². The molecule has 1 N–H and O–H groups in total. The number of carbonyl (C=O) groups is 1. The summed E-state index contributed by atoms with van der Waals surface area (Å²) in [6.45, 7) is 1.98. The van der Waals surface area contributed by atoms with Crippen LogP contribution >= 0.6 is 0 Å². The van der Waals surface area contributed by atoms with Crippen molar-refractivity contribution in [1.29, 1.82) is 0 Å². The van der Waals surface area contributed by atoms with Crippen molar-refractivity contribution >= 4 is 33.9 Å². The second kappa shape index (κ2) is 6.81. The third kappa shape index (κ3) is 3.40. The number of hydrogen-bond acceptors (Lipinski definition) is 5. The van der Waals surface area contributed by atoms with Crippen LogP contribution in [0.4, 0.5) is 17.1 Å². The van der Waals surface area contributed by atoms with Gasteiger partial charge in [-0.1, -0.05) is 18.2 Å². The number of nitrogens with zero attached hydrogens (tertiary/aromatic N) is 2. The Morgan fingerprint density at radius 1 is 1.12 bits per heavy atom. The standard InChI is InChI=1S/C20H21N3O2/c1-13-6-5-7-16-17(12-18(20(24)25-4)22-19(13)16)21-14-8-10-15(11-9-14)23(2)3/h5-12H,1-4H3,(H,21,22). The highest BCUT2D eigenvalue weighted by atomic mass is 16.5. The molecule has 3 rings (SSSR count). The van der Waals surface area contributed by atoms with E-state index < -0.39 is 5.97 Å². The second-order valence-electron chi connectivity index (χ2n) is 6.08. The van der Waals surface area contributed by atoms with E-state index in [1.54, 1.807) is 6.07 Å². The normalized spacial score (nSPS) is 10.6. The maximum atomic E-state index is 12.0. The highest BCUT2D eigenvalue weighted by Gasteiger charge is 2.13. The minimum absolute atomic E-state index is 0.289. The van der Waals surface area contributed by atoms with E-state index in [1.807, 2.05) is 68.4 Å². The van der Waals surface area contributed by atoms with Crippen molar-refractivity contribution in [3.05, 3.63) is 59.8 Å². The van der Waals surface area contributed by atoms with E-state index in [-0.39, 0.29) is 5.69 Å². The molecule has 25 heavy (non-hydrogen) atoms. The molecule has 5 nitrogen and oxygen atoms in total. The summed E-state index contributed by atoms with van der Waals surface area (Å²) in [7, 11) is 5.37. The third-order valence-electron chi connectivity index (χ3n) is 4.10. The van der Waals surface area contributed by atoms with Crippen LogP contribution in [-0.4, -0.2) is 32.2 Å². The second-order valence-corrected chi connectivity index (χ2v) is 6.08. The SMILES string of the molecule is COC(=O)c1cc(Nc2ccc(N(C)C)cc2)c2cccc(C)c2n1. The molecule has 128 valence electrons. The lowest BCUT2D eigenvalue weighted by molar-refractivity contribution is 0.0594. The number of esters is 1. The summed E-state index contributed by atoms with van der Waals surface area (Å²) in [6, 6.07) is 15.8.